The first kappa shape index (κ1) is 26.3. The van der Waals surface area contributed by atoms with E-state index in [1.54, 1.807) is 24.3 Å². The Morgan fingerprint density at radius 2 is 2.06 bits per heavy atom. The number of nitrogens with zero attached hydrogens (tertiary/aromatic N) is 2. The number of hydrogen-bond acceptors (Lipinski definition) is 4. The molecular weight excluding hydrogens is 444 g/mol. The Bertz CT molecular complexity index is 940. The van der Waals surface area contributed by atoms with Gasteiger partial charge in [-0.15, -0.1) is 0 Å². The molecule has 0 radical (unpaired) electrons. The minimum Gasteiger partial charge on any atom is -0.456 e. The first-order valence-corrected chi connectivity index (χ1v) is 12.6. The number of benzene rings is 2. The van der Waals surface area contributed by atoms with E-state index in [2.05, 4.69) is 19.9 Å². The van der Waals surface area contributed by atoms with E-state index < -0.39 is 11.0 Å². The lowest BCUT2D eigenvalue weighted by atomic mass is 10.2. The molecule has 1 N–H and O–H groups in total. The maximum Gasteiger partial charge on any atom is 0.145 e. The van der Waals surface area contributed by atoms with Crippen LogP contribution in [0.5, 0.6) is 11.5 Å². The van der Waals surface area contributed by atoms with Crippen molar-refractivity contribution in [3.8, 4) is 17.6 Å². The first-order valence-electron chi connectivity index (χ1n) is 11.1. The highest BCUT2D eigenvalue weighted by Gasteiger charge is 2.26. The summed E-state index contributed by atoms with van der Waals surface area (Å²) in [5.41, 5.74) is 1.44. The molecule has 7 heteroatoms. The van der Waals surface area contributed by atoms with Crippen molar-refractivity contribution in [3.05, 3.63) is 52.5 Å². The lowest BCUT2D eigenvalue weighted by molar-refractivity contribution is 0.159. The Kier molecular flexibility index (Phi) is 10.7. The highest BCUT2D eigenvalue weighted by molar-refractivity contribution is 7.82. The Labute approximate surface area is 199 Å². The fourth-order valence-corrected chi connectivity index (χ4v) is 5.14. The highest BCUT2D eigenvalue weighted by atomic mass is 35.5. The van der Waals surface area contributed by atoms with Crippen LogP contribution >= 0.6 is 11.6 Å². The molecule has 0 aromatic heterocycles. The van der Waals surface area contributed by atoms with Crippen LogP contribution in [0.2, 0.25) is 5.02 Å². The van der Waals surface area contributed by atoms with Crippen molar-refractivity contribution in [2.45, 2.75) is 64.4 Å². The second kappa shape index (κ2) is 13.0. The van der Waals surface area contributed by atoms with Gasteiger partial charge in [0.15, 0.2) is 0 Å². The standard InChI is InChI=1S/C19H19ClN2O2S.C6H14O/c1-13-5-6-22(12-13)25(23)19-9-15(11-21)3-4-18(19)24-17-8-14(2)7-16(20)10-17;1-3-5-6(7)4-2/h3-4,7-10,13H,5-6,12H2,1-2H3;6-7H,3-5H2,1-2H3. The maximum absolute atomic E-state index is 13.0. The number of nitriles is 1. The van der Waals surface area contributed by atoms with Gasteiger partial charge < -0.3 is 9.84 Å². The third-order valence-electron chi connectivity index (χ3n) is 5.22. The lowest BCUT2D eigenvalue weighted by Gasteiger charge is -2.18. The summed E-state index contributed by atoms with van der Waals surface area (Å²) >= 11 is 6.09. The normalized spacial score (nSPS) is 17.7. The van der Waals surface area contributed by atoms with Crippen LogP contribution in [0, 0.1) is 24.2 Å². The highest BCUT2D eigenvalue weighted by Crippen LogP contribution is 2.33. The van der Waals surface area contributed by atoms with E-state index in [-0.39, 0.29) is 6.10 Å². The minimum absolute atomic E-state index is 0.0509. The molecule has 3 unspecified atom stereocenters. The molecule has 1 aliphatic heterocycles. The Balaban J connectivity index is 0.000000451. The van der Waals surface area contributed by atoms with Crippen LogP contribution in [0.4, 0.5) is 0 Å². The molecule has 2 aromatic rings. The summed E-state index contributed by atoms with van der Waals surface area (Å²) in [5, 5.41) is 18.6. The lowest BCUT2D eigenvalue weighted by Crippen LogP contribution is -2.23. The van der Waals surface area contributed by atoms with Crippen molar-refractivity contribution in [2.24, 2.45) is 5.92 Å². The topological polar surface area (TPSA) is 73.6 Å². The van der Waals surface area contributed by atoms with Gasteiger partial charge in [-0.2, -0.15) is 5.26 Å². The van der Waals surface area contributed by atoms with E-state index in [4.69, 9.17) is 21.4 Å². The van der Waals surface area contributed by atoms with Crippen molar-refractivity contribution in [1.82, 2.24) is 4.31 Å². The molecule has 32 heavy (non-hydrogen) atoms. The van der Waals surface area contributed by atoms with Crippen LogP contribution in [0.3, 0.4) is 0 Å². The number of ether oxygens (including phenoxy) is 1. The van der Waals surface area contributed by atoms with Crippen LogP contribution in [0.1, 0.15) is 57.6 Å². The number of aliphatic hydroxyl groups excluding tert-OH is 1. The molecule has 1 aliphatic rings. The van der Waals surface area contributed by atoms with Gasteiger partial charge in [0.05, 0.1) is 22.6 Å². The molecule has 174 valence electrons. The molecule has 5 nitrogen and oxygen atoms in total. The van der Waals surface area contributed by atoms with Crippen molar-refractivity contribution < 1.29 is 14.1 Å². The molecule has 0 aliphatic carbocycles. The number of aryl methyl sites for hydroxylation is 1. The molecule has 0 spiro atoms. The largest absolute Gasteiger partial charge is 0.456 e. The molecule has 3 atom stereocenters. The molecule has 3 rings (SSSR count). The first-order chi connectivity index (χ1) is 15.3. The number of aliphatic hydroxyl groups is 1. The molecule has 1 fully saturated rings. The fourth-order valence-electron chi connectivity index (χ4n) is 3.41. The zero-order valence-electron chi connectivity index (χ0n) is 19.3. The van der Waals surface area contributed by atoms with Gasteiger partial charge >= 0.3 is 0 Å². The van der Waals surface area contributed by atoms with Crippen LogP contribution in [0.25, 0.3) is 0 Å². The average Bonchev–Trinajstić information content (AvgIpc) is 3.19. The summed E-state index contributed by atoms with van der Waals surface area (Å²) in [6.45, 7) is 9.72. The van der Waals surface area contributed by atoms with Crippen molar-refractivity contribution in [1.29, 1.82) is 5.26 Å². The van der Waals surface area contributed by atoms with Gasteiger partial charge in [0.1, 0.15) is 22.5 Å². The van der Waals surface area contributed by atoms with Gasteiger partial charge in [-0.05, 0) is 74.1 Å². The van der Waals surface area contributed by atoms with E-state index >= 15 is 0 Å². The van der Waals surface area contributed by atoms with Crippen molar-refractivity contribution >= 4 is 22.6 Å². The van der Waals surface area contributed by atoms with Gasteiger partial charge in [0.2, 0.25) is 0 Å². The Hall–Kier alpha value is -1.91. The smallest absolute Gasteiger partial charge is 0.145 e. The summed E-state index contributed by atoms with van der Waals surface area (Å²) in [7, 11) is -1.36. The van der Waals surface area contributed by atoms with Gasteiger partial charge in [-0.25, -0.2) is 8.51 Å². The monoisotopic (exact) mass is 476 g/mol. The third-order valence-corrected chi connectivity index (χ3v) is 6.93. The second-order valence-electron chi connectivity index (χ2n) is 8.22. The van der Waals surface area contributed by atoms with Crippen LogP contribution in [-0.4, -0.2) is 32.8 Å². The van der Waals surface area contributed by atoms with Crippen LogP contribution in [0.15, 0.2) is 41.3 Å². The molecule has 0 saturated carbocycles. The van der Waals surface area contributed by atoms with Gasteiger partial charge in [-0.3, -0.25) is 0 Å². The van der Waals surface area contributed by atoms with E-state index in [1.807, 2.05) is 30.3 Å². The Morgan fingerprint density at radius 1 is 1.31 bits per heavy atom. The fraction of sp³-hybridized carbons (Fsp3) is 0.480. The molecule has 0 bridgehead atoms. The van der Waals surface area contributed by atoms with E-state index in [9.17, 15) is 9.47 Å². The van der Waals surface area contributed by atoms with E-state index in [1.165, 1.54) is 0 Å². The van der Waals surface area contributed by atoms with Crippen molar-refractivity contribution in [2.75, 3.05) is 13.1 Å². The maximum atomic E-state index is 13.0. The quantitative estimate of drug-likeness (QED) is 0.513. The van der Waals surface area contributed by atoms with Crippen molar-refractivity contribution in [3.63, 3.8) is 0 Å². The third kappa shape index (κ3) is 7.90. The number of hydrogen-bond donors (Lipinski definition) is 1. The summed E-state index contributed by atoms with van der Waals surface area (Å²) in [4.78, 5) is 0.519. The summed E-state index contributed by atoms with van der Waals surface area (Å²) in [6.07, 6.45) is 3.91. The van der Waals surface area contributed by atoms with Gasteiger partial charge in [0.25, 0.3) is 0 Å². The Morgan fingerprint density at radius 3 is 2.59 bits per heavy atom. The SMILES string of the molecule is CCCC(O)CC.Cc1cc(Cl)cc(Oc2ccc(C#N)cc2S(=O)N2CCC(C)C2)c1. The number of halogens is 1. The minimum atomic E-state index is -1.36. The second-order valence-corrected chi connectivity index (χ2v) is 10.1. The summed E-state index contributed by atoms with van der Waals surface area (Å²) in [6, 6.07) is 12.5. The molecule has 1 saturated heterocycles. The number of rotatable bonds is 7. The molecule has 0 amide bonds. The predicted molar refractivity (Wildman–Crippen MR) is 130 cm³/mol. The van der Waals surface area contributed by atoms with E-state index in [0.29, 0.717) is 32.9 Å². The molecule has 1 heterocycles. The molecular formula is C25H33ClN2O3S. The zero-order valence-corrected chi connectivity index (χ0v) is 20.9. The van der Waals surface area contributed by atoms with E-state index in [0.717, 1.165) is 44.3 Å². The van der Waals surface area contributed by atoms with Crippen LogP contribution in [-0.2, 0) is 11.0 Å². The van der Waals surface area contributed by atoms with Crippen LogP contribution < -0.4 is 4.74 Å². The summed E-state index contributed by atoms with van der Waals surface area (Å²) < 4.78 is 20.9. The molecule has 2 aromatic carbocycles. The summed E-state index contributed by atoms with van der Waals surface area (Å²) in [5.74, 6) is 1.59. The predicted octanol–water partition coefficient (Wildman–Crippen LogP) is 6.23. The zero-order chi connectivity index (χ0) is 23.7. The average molecular weight is 477 g/mol. The van der Waals surface area contributed by atoms with Gasteiger partial charge in [-0.1, -0.05) is 38.8 Å². The van der Waals surface area contributed by atoms with Gasteiger partial charge in [0, 0.05) is 18.1 Å².